The molecule has 1 aliphatic heterocycles. The molecule has 16 heavy (non-hydrogen) atoms. The van der Waals surface area contributed by atoms with E-state index in [-0.39, 0.29) is 0 Å². The molecule has 0 amide bonds. The summed E-state index contributed by atoms with van der Waals surface area (Å²) < 4.78 is 0. The Balaban J connectivity index is 2.17. The predicted octanol–water partition coefficient (Wildman–Crippen LogP) is 4.16. The summed E-state index contributed by atoms with van der Waals surface area (Å²) in [4.78, 5) is 7.74. The van der Waals surface area contributed by atoms with Gasteiger partial charge in [0, 0.05) is 12.6 Å². The van der Waals surface area contributed by atoms with Crippen molar-refractivity contribution < 1.29 is 0 Å². The summed E-state index contributed by atoms with van der Waals surface area (Å²) in [6, 6.07) is 0.550. The number of alkyl halides is 1. The molecule has 0 bridgehead atoms. The molecule has 0 aliphatic carbocycles. The van der Waals surface area contributed by atoms with Crippen molar-refractivity contribution in [2.45, 2.75) is 38.6 Å². The minimum atomic E-state index is 0.453. The average Bonchev–Trinajstić information content (AvgIpc) is 2.59. The van der Waals surface area contributed by atoms with Crippen LogP contribution >= 0.6 is 34.5 Å². The van der Waals surface area contributed by atoms with E-state index < -0.39 is 0 Å². The molecule has 1 fully saturated rings. The van der Waals surface area contributed by atoms with E-state index in [1.807, 2.05) is 0 Å². The van der Waals surface area contributed by atoms with Gasteiger partial charge in [-0.25, -0.2) is 4.98 Å². The van der Waals surface area contributed by atoms with Gasteiger partial charge in [0.05, 0.1) is 10.8 Å². The fourth-order valence-corrected chi connectivity index (χ4v) is 3.82. The standard InChI is InChI=1S/C11H16Cl2N2S/c1-7-3-4-15(8(2)5-7)11-14-10(13)9(6-12)16-11/h7-8H,3-6H2,1-2H3. The third-order valence-electron chi connectivity index (χ3n) is 3.14. The maximum Gasteiger partial charge on any atom is 0.187 e. The van der Waals surface area contributed by atoms with Crippen molar-refractivity contribution >= 4 is 39.7 Å². The van der Waals surface area contributed by atoms with Gasteiger partial charge >= 0.3 is 0 Å². The lowest BCUT2D eigenvalue weighted by atomic mass is 9.94. The van der Waals surface area contributed by atoms with Crippen molar-refractivity contribution in [2.75, 3.05) is 11.4 Å². The van der Waals surface area contributed by atoms with Crippen molar-refractivity contribution in [1.82, 2.24) is 4.98 Å². The third-order valence-corrected chi connectivity index (χ3v) is 5.09. The number of anilines is 1. The first-order valence-corrected chi connectivity index (χ1v) is 7.32. The second-order valence-electron chi connectivity index (χ2n) is 4.52. The quantitative estimate of drug-likeness (QED) is 0.756. The first-order valence-electron chi connectivity index (χ1n) is 5.59. The molecule has 90 valence electrons. The first-order chi connectivity index (χ1) is 7.61. The van der Waals surface area contributed by atoms with Crippen LogP contribution in [0.3, 0.4) is 0 Å². The summed E-state index contributed by atoms with van der Waals surface area (Å²) in [6.07, 6.45) is 2.46. The number of nitrogens with zero attached hydrogens (tertiary/aromatic N) is 2. The highest BCUT2D eigenvalue weighted by molar-refractivity contribution is 7.16. The lowest BCUT2D eigenvalue weighted by Crippen LogP contribution is -2.40. The Labute approximate surface area is 111 Å². The summed E-state index contributed by atoms with van der Waals surface area (Å²) >= 11 is 13.5. The molecule has 5 heteroatoms. The van der Waals surface area contributed by atoms with Gasteiger partial charge in [-0.3, -0.25) is 0 Å². The second-order valence-corrected chi connectivity index (χ2v) is 6.20. The molecule has 1 aliphatic rings. The molecule has 2 atom stereocenters. The van der Waals surface area contributed by atoms with Gasteiger partial charge in [-0.1, -0.05) is 29.9 Å². The van der Waals surface area contributed by atoms with Gasteiger partial charge < -0.3 is 4.90 Å². The van der Waals surface area contributed by atoms with Crippen LogP contribution in [0.2, 0.25) is 5.15 Å². The van der Waals surface area contributed by atoms with Gasteiger partial charge in [-0.15, -0.1) is 11.6 Å². The van der Waals surface area contributed by atoms with E-state index in [4.69, 9.17) is 23.2 Å². The molecule has 0 N–H and O–H groups in total. The highest BCUT2D eigenvalue weighted by Crippen LogP contribution is 2.35. The lowest BCUT2D eigenvalue weighted by Gasteiger charge is -2.36. The van der Waals surface area contributed by atoms with Crippen LogP contribution in [0.15, 0.2) is 0 Å². The molecular formula is C11H16Cl2N2S. The monoisotopic (exact) mass is 278 g/mol. The maximum absolute atomic E-state index is 6.03. The van der Waals surface area contributed by atoms with Crippen molar-refractivity contribution in [3.05, 3.63) is 10.0 Å². The fourth-order valence-electron chi connectivity index (χ4n) is 2.22. The summed E-state index contributed by atoms with van der Waals surface area (Å²) in [5, 5.41) is 1.60. The van der Waals surface area contributed by atoms with Crippen LogP contribution in [0.1, 0.15) is 31.6 Å². The Hall–Kier alpha value is 0.01000. The van der Waals surface area contributed by atoms with Gasteiger partial charge in [0.1, 0.15) is 5.15 Å². The van der Waals surface area contributed by atoms with Crippen LogP contribution in [0.4, 0.5) is 5.13 Å². The summed E-state index contributed by atoms with van der Waals surface area (Å²) in [5.74, 6) is 1.27. The number of piperidine rings is 1. The molecule has 0 spiro atoms. The number of aromatic nitrogens is 1. The van der Waals surface area contributed by atoms with Gasteiger partial charge in [0.2, 0.25) is 0 Å². The van der Waals surface area contributed by atoms with Crippen LogP contribution in [0.5, 0.6) is 0 Å². The highest BCUT2D eigenvalue weighted by atomic mass is 35.5. The van der Waals surface area contributed by atoms with E-state index in [2.05, 4.69) is 23.7 Å². The van der Waals surface area contributed by atoms with Gasteiger partial charge in [0.15, 0.2) is 5.13 Å². The van der Waals surface area contributed by atoms with Crippen LogP contribution in [0, 0.1) is 5.92 Å². The normalized spacial score (nSPS) is 26.1. The Morgan fingerprint density at radius 2 is 2.25 bits per heavy atom. The molecule has 0 radical (unpaired) electrons. The van der Waals surface area contributed by atoms with Crippen molar-refractivity contribution in [3.63, 3.8) is 0 Å². The molecule has 1 saturated heterocycles. The smallest absolute Gasteiger partial charge is 0.187 e. The summed E-state index contributed by atoms with van der Waals surface area (Å²) in [5.41, 5.74) is 0. The molecule has 2 unspecified atom stereocenters. The number of halogens is 2. The molecule has 2 rings (SSSR count). The number of rotatable bonds is 2. The van der Waals surface area contributed by atoms with Crippen LogP contribution in [-0.2, 0) is 5.88 Å². The second kappa shape index (κ2) is 5.11. The molecule has 0 aromatic carbocycles. The van der Waals surface area contributed by atoms with Crippen LogP contribution in [-0.4, -0.2) is 17.6 Å². The van der Waals surface area contributed by atoms with E-state index in [1.165, 1.54) is 12.8 Å². The summed E-state index contributed by atoms with van der Waals surface area (Å²) in [7, 11) is 0. The molecule has 2 nitrogen and oxygen atoms in total. The van der Waals surface area contributed by atoms with Crippen LogP contribution in [0.25, 0.3) is 0 Å². The van der Waals surface area contributed by atoms with Gasteiger partial charge in [-0.05, 0) is 25.7 Å². The molecule has 0 saturated carbocycles. The molecule has 1 aromatic rings. The Morgan fingerprint density at radius 1 is 1.50 bits per heavy atom. The van der Waals surface area contributed by atoms with Crippen LogP contribution < -0.4 is 4.90 Å². The first kappa shape index (κ1) is 12.5. The SMILES string of the molecule is CC1CCN(c2nc(Cl)c(CCl)s2)C(C)C1. The van der Waals surface area contributed by atoms with E-state index in [0.29, 0.717) is 17.1 Å². The van der Waals surface area contributed by atoms with E-state index >= 15 is 0 Å². The average molecular weight is 279 g/mol. The maximum atomic E-state index is 6.03. The highest BCUT2D eigenvalue weighted by Gasteiger charge is 2.25. The largest absolute Gasteiger partial charge is 0.345 e. The fraction of sp³-hybridized carbons (Fsp3) is 0.727. The number of thiazole rings is 1. The Morgan fingerprint density at radius 3 is 2.81 bits per heavy atom. The van der Waals surface area contributed by atoms with Gasteiger partial charge in [-0.2, -0.15) is 0 Å². The molecule has 2 heterocycles. The zero-order valence-electron chi connectivity index (χ0n) is 9.54. The minimum Gasteiger partial charge on any atom is -0.345 e. The Bertz CT molecular complexity index is 367. The topological polar surface area (TPSA) is 16.1 Å². The molecule has 1 aromatic heterocycles. The van der Waals surface area contributed by atoms with Crippen molar-refractivity contribution in [1.29, 1.82) is 0 Å². The van der Waals surface area contributed by atoms with E-state index in [9.17, 15) is 0 Å². The van der Waals surface area contributed by atoms with Crippen molar-refractivity contribution in [2.24, 2.45) is 5.92 Å². The zero-order chi connectivity index (χ0) is 11.7. The number of hydrogen-bond donors (Lipinski definition) is 0. The zero-order valence-corrected chi connectivity index (χ0v) is 11.9. The van der Waals surface area contributed by atoms with Crippen molar-refractivity contribution in [3.8, 4) is 0 Å². The Kier molecular flexibility index (Phi) is 3.98. The van der Waals surface area contributed by atoms with E-state index in [0.717, 1.165) is 22.5 Å². The summed E-state index contributed by atoms with van der Waals surface area (Å²) in [6.45, 7) is 5.64. The van der Waals surface area contributed by atoms with Gasteiger partial charge in [0.25, 0.3) is 0 Å². The predicted molar refractivity (Wildman–Crippen MR) is 71.9 cm³/mol. The number of hydrogen-bond acceptors (Lipinski definition) is 3. The molecular weight excluding hydrogens is 263 g/mol. The lowest BCUT2D eigenvalue weighted by molar-refractivity contribution is 0.377. The minimum absolute atomic E-state index is 0.453. The third kappa shape index (κ3) is 2.47. The van der Waals surface area contributed by atoms with E-state index in [1.54, 1.807) is 11.3 Å².